The van der Waals surface area contributed by atoms with Gasteiger partial charge >= 0.3 is 0 Å². The fourth-order valence-corrected chi connectivity index (χ4v) is 2.02. The molecule has 0 fully saturated rings. The highest BCUT2D eigenvalue weighted by Crippen LogP contribution is 2.09. The Kier molecular flexibility index (Phi) is 3.57. The van der Waals surface area contributed by atoms with Crippen LogP contribution in [0.1, 0.15) is 26.1 Å². The molecule has 0 bridgehead atoms. The molecule has 0 aliphatic heterocycles. The van der Waals surface area contributed by atoms with Gasteiger partial charge in [0.15, 0.2) is 0 Å². The Morgan fingerprint density at radius 3 is 3.00 bits per heavy atom. The molecule has 1 atom stereocenters. The van der Waals surface area contributed by atoms with E-state index < -0.39 is 0 Å². The maximum Gasteiger partial charge on any atom is 0.114 e. The summed E-state index contributed by atoms with van der Waals surface area (Å²) in [7, 11) is 0. The highest BCUT2D eigenvalue weighted by atomic mass is 15.0. The highest BCUT2D eigenvalue weighted by Gasteiger charge is 2.09. The van der Waals surface area contributed by atoms with Crippen LogP contribution in [0.3, 0.4) is 0 Å². The third-order valence-corrected chi connectivity index (χ3v) is 2.93. The molecule has 0 saturated carbocycles. The molecule has 2 aromatic heterocycles. The molecule has 2 aromatic rings. The number of imidazole rings is 1. The van der Waals surface area contributed by atoms with Gasteiger partial charge in [-0.3, -0.25) is 0 Å². The number of hydrogen-bond acceptors (Lipinski definition) is 2. The summed E-state index contributed by atoms with van der Waals surface area (Å²) in [6, 6.07) is 6.70. The molecule has 1 unspecified atom stereocenters. The van der Waals surface area contributed by atoms with Crippen LogP contribution >= 0.6 is 0 Å². The van der Waals surface area contributed by atoms with Gasteiger partial charge in [-0.15, -0.1) is 0 Å². The lowest BCUT2D eigenvalue weighted by molar-refractivity contribution is 0.499. The number of rotatable bonds is 5. The van der Waals surface area contributed by atoms with E-state index in [-0.39, 0.29) is 0 Å². The summed E-state index contributed by atoms with van der Waals surface area (Å²) < 4.78 is 2.17. The molecule has 3 heteroatoms. The fourth-order valence-electron chi connectivity index (χ4n) is 2.02. The van der Waals surface area contributed by atoms with Crippen molar-refractivity contribution in [2.75, 3.05) is 6.54 Å². The molecule has 0 aromatic carbocycles. The molecule has 0 radical (unpaired) electrons. The summed E-state index contributed by atoms with van der Waals surface area (Å²) >= 11 is 0. The van der Waals surface area contributed by atoms with Crippen molar-refractivity contribution >= 4 is 5.52 Å². The van der Waals surface area contributed by atoms with Crippen LogP contribution in [0.15, 0.2) is 30.6 Å². The van der Waals surface area contributed by atoms with Gasteiger partial charge in [-0.2, -0.15) is 0 Å². The van der Waals surface area contributed by atoms with Crippen LogP contribution in [0.5, 0.6) is 0 Å². The molecular formula is C13H19N3. The van der Waals surface area contributed by atoms with Crippen molar-refractivity contribution < 1.29 is 0 Å². The SMILES string of the molecule is CCNC(CC)Cc1ncc2ccccn12. The van der Waals surface area contributed by atoms with Crippen molar-refractivity contribution in [2.45, 2.75) is 32.7 Å². The van der Waals surface area contributed by atoms with E-state index in [1.165, 1.54) is 5.52 Å². The van der Waals surface area contributed by atoms with Gasteiger partial charge in [0.05, 0.1) is 11.7 Å². The van der Waals surface area contributed by atoms with E-state index in [9.17, 15) is 0 Å². The van der Waals surface area contributed by atoms with E-state index in [0.717, 1.165) is 25.2 Å². The van der Waals surface area contributed by atoms with E-state index in [4.69, 9.17) is 0 Å². The molecule has 0 aliphatic carbocycles. The van der Waals surface area contributed by atoms with E-state index >= 15 is 0 Å². The molecule has 2 rings (SSSR count). The van der Waals surface area contributed by atoms with E-state index in [1.54, 1.807) is 0 Å². The number of likely N-dealkylation sites (N-methyl/N-ethyl adjacent to an activating group) is 1. The first-order valence-electron chi connectivity index (χ1n) is 5.99. The average Bonchev–Trinajstić information content (AvgIpc) is 2.72. The number of nitrogens with zero attached hydrogens (tertiary/aromatic N) is 2. The van der Waals surface area contributed by atoms with Crippen molar-refractivity contribution in [2.24, 2.45) is 0 Å². The first-order valence-corrected chi connectivity index (χ1v) is 5.99. The third kappa shape index (κ3) is 2.25. The Hall–Kier alpha value is -1.35. The quantitative estimate of drug-likeness (QED) is 0.832. The van der Waals surface area contributed by atoms with E-state index in [0.29, 0.717) is 6.04 Å². The molecular weight excluding hydrogens is 198 g/mol. The van der Waals surface area contributed by atoms with Gasteiger partial charge in [0.25, 0.3) is 0 Å². The number of fused-ring (bicyclic) bond motifs is 1. The molecule has 0 spiro atoms. The summed E-state index contributed by atoms with van der Waals surface area (Å²) in [5.74, 6) is 1.14. The van der Waals surface area contributed by atoms with Gasteiger partial charge in [-0.05, 0) is 25.1 Å². The first-order chi connectivity index (χ1) is 7.85. The van der Waals surface area contributed by atoms with Gasteiger partial charge in [-0.25, -0.2) is 4.98 Å². The van der Waals surface area contributed by atoms with Gasteiger partial charge in [-0.1, -0.05) is 19.9 Å². The lowest BCUT2D eigenvalue weighted by Gasteiger charge is -2.14. The highest BCUT2D eigenvalue weighted by molar-refractivity contribution is 5.45. The maximum atomic E-state index is 4.49. The predicted octanol–water partition coefficient (Wildman–Crippen LogP) is 2.26. The second-order valence-electron chi connectivity index (χ2n) is 4.04. The summed E-state index contributed by atoms with van der Waals surface area (Å²) in [4.78, 5) is 4.49. The predicted molar refractivity (Wildman–Crippen MR) is 66.7 cm³/mol. The monoisotopic (exact) mass is 217 g/mol. The van der Waals surface area contributed by atoms with Crippen LogP contribution in [-0.4, -0.2) is 22.0 Å². The standard InChI is InChI=1S/C13H19N3/c1-3-11(14-4-2)9-13-15-10-12-7-5-6-8-16(12)13/h5-8,10-11,14H,3-4,9H2,1-2H3. The zero-order valence-electron chi connectivity index (χ0n) is 9.98. The zero-order valence-corrected chi connectivity index (χ0v) is 9.98. The van der Waals surface area contributed by atoms with E-state index in [2.05, 4.69) is 40.8 Å². The Bertz CT molecular complexity index is 447. The van der Waals surface area contributed by atoms with Gasteiger partial charge in [0.2, 0.25) is 0 Å². The van der Waals surface area contributed by atoms with Crippen molar-refractivity contribution in [3.8, 4) is 0 Å². The van der Waals surface area contributed by atoms with Crippen molar-refractivity contribution in [3.63, 3.8) is 0 Å². The van der Waals surface area contributed by atoms with Crippen molar-refractivity contribution in [1.82, 2.24) is 14.7 Å². The van der Waals surface area contributed by atoms with Crippen molar-refractivity contribution in [1.29, 1.82) is 0 Å². The Balaban J connectivity index is 2.20. The molecule has 0 saturated heterocycles. The first kappa shape index (κ1) is 11.1. The molecule has 3 nitrogen and oxygen atoms in total. The van der Waals surface area contributed by atoms with Crippen LogP contribution < -0.4 is 5.32 Å². The van der Waals surface area contributed by atoms with Crippen molar-refractivity contribution in [3.05, 3.63) is 36.4 Å². The number of pyridine rings is 1. The lowest BCUT2D eigenvalue weighted by atomic mass is 10.1. The number of hydrogen-bond donors (Lipinski definition) is 1. The summed E-state index contributed by atoms with van der Waals surface area (Å²) in [6.45, 7) is 5.37. The Morgan fingerprint density at radius 1 is 1.38 bits per heavy atom. The molecule has 0 aliphatic rings. The van der Waals surface area contributed by atoms with Crippen LogP contribution in [-0.2, 0) is 6.42 Å². The summed E-state index contributed by atoms with van der Waals surface area (Å²) in [5, 5.41) is 3.48. The largest absolute Gasteiger partial charge is 0.314 e. The summed E-state index contributed by atoms with van der Waals surface area (Å²) in [5.41, 5.74) is 1.17. The maximum absolute atomic E-state index is 4.49. The Morgan fingerprint density at radius 2 is 2.25 bits per heavy atom. The Labute approximate surface area is 96.5 Å². The molecule has 0 amide bonds. The van der Waals surface area contributed by atoms with E-state index in [1.807, 2.05) is 18.3 Å². The third-order valence-electron chi connectivity index (χ3n) is 2.93. The van der Waals surface area contributed by atoms with Crippen LogP contribution in [0.2, 0.25) is 0 Å². The van der Waals surface area contributed by atoms with Gasteiger partial charge < -0.3 is 9.72 Å². The summed E-state index contributed by atoms with van der Waals surface area (Å²) in [6.07, 6.45) is 6.14. The zero-order chi connectivity index (χ0) is 11.4. The minimum absolute atomic E-state index is 0.524. The number of aromatic nitrogens is 2. The average molecular weight is 217 g/mol. The molecule has 16 heavy (non-hydrogen) atoms. The fraction of sp³-hybridized carbons (Fsp3) is 0.462. The topological polar surface area (TPSA) is 29.3 Å². The lowest BCUT2D eigenvalue weighted by Crippen LogP contribution is -2.30. The number of nitrogens with one attached hydrogen (secondary N) is 1. The second kappa shape index (κ2) is 5.12. The minimum atomic E-state index is 0.524. The second-order valence-corrected chi connectivity index (χ2v) is 4.04. The van der Waals surface area contributed by atoms with Crippen LogP contribution in [0.4, 0.5) is 0 Å². The smallest absolute Gasteiger partial charge is 0.114 e. The normalized spacial score (nSPS) is 13.1. The minimum Gasteiger partial charge on any atom is -0.314 e. The molecule has 2 heterocycles. The molecule has 86 valence electrons. The van der Waals surface area contributed by atoms with Gasteiger partial charge in [0.1, 0.15) is 5.82 Å². The molecule has 1 N–H and O–H groups in total. The van der Waals surface area contributed by atoms with Crippen LogP contribution in [0.25, 0.3) is 5.52 Å². The van der Waals surface area contributed by atoms with Gasteiger partial charge in [0, 0.05) is 18.7 Å². The van der Waals surface area contributed by atoms with Crippen LogP contribution in [0, 0.1) is 0 Å².